The van der Waals surface area contributed by atoms with Crippen LogP contribution in [0.25, 0.3) is 22.2 Å². The molecule has 5 rings (SSSR count). The molecule has 7 heteroatoms. The van der Waals surface area contributed by atoms with Crippen molar-refractivity contribution in [3.05, 3.63) is 90.3 Å². The summed E-state index contributed by atoms with van der Waals surface area (Å²) in [7, 11) is 0. The Morgan fingerprint density at radius 1 is 0.969 bits per heavy atom. The number of aromatic nitrogens is 1. The summed E-state index contributed by atoms with van der Waals surface area (Å²) in [5.41, 5.74) is 5.58. The molecule has 2 atom stereocenters. The van der Waals surface area contributed by atoms with Gasteiger partial charge in [-0.3, -0.25) is 4.98 Å². The van der Waals surface area contributed by atoms with E-state index in [1.807, 2.05) is 24.4 Å². The van der Waals surface area contributed by atoms with Crippen molar-refractivity contribution in [1.29, 1.82) is 0 Å². The van der Waals surface area contributed by atoms with E-state index in [1.165, 1.54) is 17.5 Å². The average Bonchev–Trinajstić information content (AvgIpc) is 3.28. The third-order valence-corrected chi connectivity index (χ3v) is 5.76. The summed E-state index contributed by atoms with van der Waals surface area (Å²) < 4.78 is 5.82. The summed E-state index contributed by atoms with van der Waals surface area (Å²) in [6.07, 6.45) is 5.95. The molecule has 0 radical (unpaired) electrons. The van der Waals surface area contributed by atoms with Crippen LogP contribution in [0.3, 0.4) is 0 Å². The van der Waals surface area contributed by atoms with Gasteiger partial charge < -0.3 is 15.1 Å². The first-order valence-corrected chi connectivity index (χ1v) is 10.3. The van der Waals surface area contributed by atoms with Gasteiger partial charge in [-0.2, -0.15) is 0 Å². The van der Waals surface area contributed by atoms with Crippen LogP contribution in [0.15, 0.2) is 83.6 Å². The van der Waals surface area contributed by atoms with Gasteiger partial charge in [0.05, 0.1) is 12.0 Å². The Morgan fingerprint density at radius 2 is 1.78 bits per heavy atom. The van der Waals surface area contributed by atoms with Crippen LogP contribution in [0, 0.1) is 0 Å². The molecule has 4 aromatic rings. The lowest BCUT2D eigenvalue weighted by molar-refractivity contribution is 0.304. The largest absolute Gasteiger partial charge is 0.464 e. The van der Waals surface area contributed by atoms with Gasteiger partial charge in [0, 0.05) is 41.3 Å². The molecule has 1 saturated heterocycles. The number of pyridine rings is 1. The first-order chi connectivity index (χ1) is 14.4. The maximum absolute atomic E-state index is 5.82. The number of furan rings is 1. The minimum atomic E-state index is 0. The predicted octanol–water partition coefficient (Wildman–Crippen LogP) is 6.34. The third-order valence-electron chi connectivity index (χ3n) is 5.76. The number of nitrogens with zero attached hydrogens (tertiary/aromatic N) is 1. The van der Waals surface area contributed by atoms with Gasteiger partial charge in [-0.1, -0.05) is 36.4 Å². The SMILES string of the molecule is Cl.Cl.Cl.c1ccc([C@@H]2NCCC[C@@H]2NCc2cc(-c3ccccn3)cc3ccoc23)cc1. The lowest BCUT2D eigenvalue weighted by Crippen LogP contribution is -2.45. The van der Waals surface area contributed by atoms with Crippen LogP contribution in [0.1, 0.15) is 30.0 Å². The Bertz CT molecular complexity index is 1090. The second-order valence-electron chi connectivity index (χ2n) is 7.66. The fraction of sp³-hybridized carbons (Fsp3) is 0.240. The standard InChI is InChI=1S/C25H25N3O.3ClH/c1-2-7-18(8-3-1)24-23(10-6-13-27-24)28-17-21-16-20(22-9-4-5-12-26-22)15-19-11-14-29-25(19)21;;;/h1-5,7-9,11-12,14-16,23-24,27-28H,6,10,13,17H2;3*1H/t23-,24-;;;/m0.../s1. The maximum atomic E-state index is 5.82. The summed E-state index contributed by atoms with van der Waals surface area (Å²) in [6, 6.07) is 23.9. The summed E-state index contributed by atoms with van der Waals surface area (Å²) in [5.74, 6) is 0. The van der Waals surface area contributed by atoms with Crippen molar-refractivity contribution < 1.29 is 4.42 Å². The number of benzene rings is 2. The minimum absolute atomic E-state index is 0. The second-order valence-corrected chi connectivity index (χ2v) is 7.66. The topological polar surface area (TPSA) is 50.1 Å². The number of hydrogen-bond acceptors (Lipinski definition) is 4. The van der Waals surface area contributed by atoms with E-state index in [-0.39, 0.29) is 37.2 Å². The highest BCUT2D eigenvalue weighted by atomic mass is 35.5. The van der Waals surface area contributed by atoms with E-state index in [2.05, 4.69) is 64.1 Å². The number of rotatable bonds is 5. The molecule has 1 aliphatic rings. The molecular weight excluding hydrogens is 465 g/mol. The van der Waals surface area contributed by atoms with Gasteiger partial charge in [0.25, 0.3) is 0 Å². The van der Waals surface area contributed by atoms with Crippen molar-refractivity contribution in [1.82, 2.24) is 15.6 Å². The minimum Gasteiger partial charge on any atom is -0.464 e. The Kier molecular flexibility index (Phi) is 10.0. The van der Waals surface area contributed by atoms with Crippen molar-refractivity contribution in [2.24, 2.45) is 0 Å². The summed E-state index contributed by atoms with van der Waals surface area (Å²) in [4.78, 5) is 4.52. The molecule has 2 aromatic carbocycles. The van der Waals surface area contributed by atoms with Crippen molar-refractivity contribution in [3.8, 4) is 11.3 Å². The lowest BCUT2D eigenvalue weighted by atomic mass is 9.92. The third kappa shape index (κ3) is 5.64. The quantitative estimate of drug-likeness (QED) is 0.341. The fourth-order valence-electron chi connectivity index (χ4n) is 4.33. The van der Waals surface area contributed by atoms with Crippen LogP contribution in [0.5, 0.6) is 0 Å². The highest BCUT2D eigenvalue weighted by Crippen LogP contribution is 2.29. The Hall–Kier alpha value is -2.08. The molecule has 1 fully saturated rings. The van der Waals surface area contributed by atoms with Gasteiger partial charge in [0.2, 0.25) is 0 Å². The van der Waals surface area contributed by atoms with Crippen LogP contribution in [0.2, 0.25) is 0 Å². The average molecular weight is 493 g/mol. The van der Waals surface area contributed by atoms with Crippen molar-refractivity contribution in [2.45, 2.75) is 31.5 Å². The predicted molar refractivity (Wildman–Crippen MR) is 138 cm³/mol. The molecule has 2 N–H and O–H groups in total. The zero-order valence-corrected chi connectivity index (χ0v) is 20.0. The van der Waals surface area contributed by atoms with Crippen molar-refractivity contribution in [3.63, 3.8) is 0 Å². The zero-order chi connectivity index (χ0) is 19.5. The second kappa shape index (κ2) is 12.2. The van der Waals surface area contributed by atoms with Crippen molar-refractivity contribution in [2.75, 3.05) is 6.54 Å². The van der Waals surface area contributed by atoms with E-state index in [0.717, 1.165) is 41.7 Å². The zero-order valence-electron chi connectivity index (χ0n) is 17.6. The Morgan fingerprint density at radius 3 is 2.56 bits per heavy atom. The number of nitrogens with one attached hydrogen (secondary N) is 2. The van der Waals surface area contributed by atoms with Crippen LogP contribution in [-0.4, -0.2) is 17.6 Å². The van der Waals surface area contributed by atoms with E-state index in [1.54, 1.807) is 6.26 Å². The van der Waals surface area contributed by atoms with E-state index in [0.29, 0.717) is 12.1 Å². The summed E-state index contributed by atoms with van der Waals surface area (Å²) in [5, 5.41) is 8.62. The first-order valence-electron chi connectivity index (χ1n) is 10.3. The van der Waals surface area contributed by atoms with Gasteiger partial charge >= 0.3 is 0 Å². The molecule has 0 bridgehead atoms. The molecule has 0 unspecified atom stereocenters. The van der Waals surface area contributed by atoms with Crippen LogP contribution in [-0.2, 0) is 6.54 Å². The molecular formula is C25H28Cl3N3O. The maximum Gasteiger partial charge on any atom is 0.138 e. The Labute approximate surface area is 207 Å². The van der Waals surface area contributed by atoms with Gasteiger partial charge in [-0.15, -0.1) is 37.2 Å². The fourth-order valence-corrected chi connectivity index (χ4v) is 4.33. The van der Waals surface area contributed by atoms with Crippen molar-refractivity contribution >= 4 is 48.2 Å². The lowest BCUT2D eigenvalue weighted by Gasteiger charge is -2.34. The van der Waals surface area contributed by atoms with E-state index < -0.39 is 0 Å². The molecule has 0 saturated carbocycles. The smallest absolute Gasteiger partial charge is 0.138 e. The van der Waals surface area contributed by atoms with Gasteiger partial charge in [-0.25, -0.2) is 0 Å². The summed E-state index contributed by atoms with van der Waals surface area (Å²) >= 11 is 0. The highest BCUT2D eigenvalue weighted by Gasteiger charge is 2.25. The molecule has 0 aliphatic carbocycles. The van der Waals surface area contributed by atoms with Crippen LogP contribution < -0.4 is 10.6 Å². The number of fused-ring (bicyclic) bond motifs is 1. The number of halogens is 3. The van der Waals surface area contributed by atoms with E-state index >= 15 is 0 Å². The molecule has 1 aliphatic heterocycles. The molecule has 3 heterocycles. The van der Waals surface area contributed by atoms with Crippen LogP contribution in [0.4, 0.5) is 0 Å². The highest BCUT2D eigenvalue weighted by molar-refractivity contribution is 5.86. The van der Waals surface area contributed by atoms with E-state index in [4.69, 9.17) is 4.42 Å². The van der Waals surface area contributed by atoms with Crippen LogP contribution >= 0.6 is 37.2 Å². The number of piperidine rings is 1. The molecule has 170 valence electrons. The molecule has 0 amide bonds. The first kappa shape index (κ1) is 26.2. The normalized spacial score (nSPS) is 17.6. The molecule has 0 spiro atoms. The van der Waals surface area contributed by atoms with Gasteiger partial charge in [-0.05, 0) is 55.3 Å². The molecule has 32 heavy (non-hydrogen) atoms. The van der Waals surface area contributed by atoms with E-state index in [9.17, 15) is 0 Å². The molecule has 4 nitrogen and oxygen atoms in total. The summed E-state index contributed by atoms with van der Waals surface area (Å²) in [6.45, 7) is 1.83. The van der Waals surface area contributed by atoms with Gasteiger partial charge in [0.15, 0.2) is 0 Å². The Balaban J connectivity index is 0.00000121. The monoisotopic (exact) mass is 491 g/mol. The van der Waals surface area contributed by atoms with Gasteiger partial charge in [0.1, 0.15) is 5.58 Å². The number of hydrogen-bond donors (Lipinski definition) is 2. The molecule has 2 aromatic heterocycles.